The number of nitrogens with zero attached hydrogens (tertiary/aromatic N) is 3. The standard InChI is InChI=1S/C15H28N4O2/c1-6-8-17-15(3,14(20)21-7-2)12-18(4)11-13-16-9-10-19(13)5/h9-10,17H,6-8,11-12H2,1-5H3. The number of likely N-dealkylation sites (N-methyl/N-ethyl adjacent to an activating group) is 1. The molecular weight excluding hydrogens is 268 g/mol. The lowest BCUT2D eigenvalue weighted by Crippen LogP contribution is -2.57. The van der Waals surface area contributed by atoms with Crippen molar-refractivity contribution in [2.45, 2.75) is 39.3 Å². The molecule has 0 fully saturated rings. The molecule has 1 rings (SSSR count). The van der Waals surface area contributed by atoms with Gasteiger partial charge in [-0.3, -0.25) is 9.69 Å². The highest BCUT2D eigenvalue weighted by molar-refractivity contribution is 5.80. The zero-order chi connectivity index (χ0) is 15.9. The SMILES string of the molecule is CCCNC(C)(CN(C)Cc1nccn1C)C(=O)OCC. The van der Waals surface area contributed by atoms with Crippen molar-refractivity contribution in [1.29, 1.82) is 0 Å². The molecule has 1 aromatic heterocycles. The molecule has 21 heavy (non-hydrogen) atoms. The molecule has 0 amide bonds. The number of nitrogens with one attached hydrogen (secondary N) is 1. The minimum Gasteiger partial charge on any atom is -0.465 e. The lowest BCUT2D eigenvalue weighted by molar-refractivity contribution is -0.151. The summed E-state index contributed by atoms with van der Waals surface area (Å²) in [6.45, 7) is 8.24. The van der Waals surface area contributed by atoms with Crippen molar-refractivity contribution in [2.75, 3.05) is 26.7 Å². The van der Waals surface area contributed by atoms with Crippen LogP contribution in [0.15, 0.2) is 12.4 Å². The molecule has 0 aliphatic heterocycles. The van der Waals surface area contributed by atoms with E-state index < -0.39 is 5.54 Å². The molecule has 1 unspecified atom stereocenters. The van der Waals surface area contributed by atoms with Gasteiger partial charge in [-0.1, -0.05) is 6.92 Å². The first-order chi connectivity index (χ1) is 9.92. The molecule has 0 saturated carbocycles. The Kier molecular flexibility index (Phi) is 6.84. The Labute approximate surface area is 127 Å². The van der Waals surface area contributed by atoms with Crippen LogP contribution in [0, 0.1) is 0 Å². The summed E-state index contributed by atoms with van der Waals surface area (Å²) in [5.41, 5.74) is -0.702. The molecule has 0 saturated heterocycles. The van der Waals surface area contributed by atoms with Crippen molar-refractivity contribution >= 4 is 5.97 Å². The average molecular weight is 296 g/mol. The Morgan fingerprint density at radius 2 is 2.24 bits per heavy atom. The van der Waals surface area contributed by atoms with Crippen LogP contribution >= 0.6 is 0 Å². The van der Waals surface area contributed by atoms with Gasteiger partial charge in [-0.15, -0.1) is 0 Å². The zero-order valence-corrected chi connectivity index (χ0v) is 13.8. The van der Waals surface area contributed by atoms with Crippen molar-refractivity contribution in [1.82, 2.24) is 19.8 Å². The third-order valence-corrected chi connectivity index (χ3v) is 3.41. The third kappa shape index (κ3) is 5.13. The second-order valence-electron chi connectivity index (χ2n) is 5.61. The summed E-state index contributed by atoms with van der Waals surface area (Å²) >= 11 is 0. The fourth-order valence-electron chi connectivity index (χ4n) is 2.27. The van der Waals surface area contributed by atoms with Crippen molar-refractivity contribution in [3.8, 4) is 0 Å². The molecule has 6 nitrogen and oxygen atoms in total. The van der Waals surface area contributed by atoms with Gasteiger partial charge in [0.15, 0.2) is 0 Å². The van der Waals surface area contributed by atoms with Crippen LogP contribution < -0.4 is 5.32 Å². The molecule has 0 radical (unpaired) electrons. The van der Waals surface area contributed by atoms with Crippen molar-refractivity contribution < 1.29 is 9.53 Å². The van der Waals surface area contributed by atoms with E-state index in [9.17, 15) is 4.79 Å². The summed E-state index contributed by atoms with van der Waals surface area (Å²) in [7, 11) is 3.95. The van der Waals surface area contributed by atoms with Crippen LogP contribution in [0.1, 0.15) is 33.0 Å². The Morgan fingerprint density at radius 1 is 1.52 bits per heavy atom. The number of esters is 1. The Morgan fingerprint density at radius 3 is 2.76 bits per heavy atom. The van der Waals surface area contributed by atoms with Crippen LogP contribution in [0.2, 0.25) is 0 Å². The number of hydrogen-bond donors (Lipinski definition) is 1. The highest BCUT2D eigenvalue weighted by Gasteiger charge is 2.35. The number of rotatable bonds is 9. The highest BCUT2D eigenvalue weighted by Crippen LogP contribution is 2.11. The van der Waals surface area contributed by atoms with Gasteiger partial charge >= 0.3 is 5.97 Å². The van der Waals surface area contributed by atoms with E-state index in [1.54, 1.807) is 6.20 Å². The molecule has 1 aromatic rings. The van der Waals surface area contributed by atoms with Gasteiger partial charge in [-0.2, -0.15) is 0 Å². The summed E-state index contributed by atoms with van der Waals surface area (Å²) < 4.78 is 7.20. The van der Waals surface area contributed by atoms with Gasteiger partial charge in [0.05, 0.1) is 13.2 Å². The first-order valence-electron chi connectivity index (χ1n) is 7.50. The quantitative estimate of drug-likeness (QED) is 0.693. The fraction of sp³-hybridized carbons (Fsp3) is 0.733. The van der Waals surface area contributed by atoms with E-state index in [1.165, 1.54) is 0 Å². The van der Waals surface area contributed by atoms with Gasteiger partial charge in [-0.25, -0.2) is 4.98 Å². The van der Waals surface area contributed by atoms with Gasteiger partial charge in [0.1, 0.15) is 11.4 Å². The largest absolute Gasteiger partial charge is 0.465 e. The van der Waals surface area contributed by atoms with Gasteiger partial charge in [0, 0.05) is 26.0 Å². The summed E-state index contributed by atoms with van der Waals surface area (Å²) in [5, 5.41) is 3.31. The number of aryl methyl sites for hydroxylation is 1. The van der Waals surface area contributed by atoms with Gasteiger partial charge < -0.3 is 14.6 Å². The van der Waals surface area contributed by atoms with Crippen LogP contribution in [0.3, 0.4) is 0 Å². The summed E-state index contributed by atoms with van der Waals surface area (Å²) in [5.74, 6) is 0.768. The Balaban J connectivity index is 2.70. The van der Waals surface area contributed by atoms with E-state index in [1.807, 2.05) is 38.7 Å². The molecule has 6 heteroatoms. The molecule has 0 aromatic carbocycles. The van der Waals surface area contributed by atoms with E-state index in [-0.39, 0.29) is 5.97 Å². The third-order valence-electron chi connectivity index (χ3n) is 3.41. The zero-order valence-electron chi connectivity index (χ0n) is 13.8. The summed E-state index contributed by atoms with van der Waals surface area (Å²) in [6.07, 6.45) is 4.67. The molecule has 1 heterocycles. The number of carbonyl (C=O) groups excluding carboxylic acids is 1. The maximum absolute atomic E-state index is 12.2. The lowest BCUT2D eigenvalue weighted by atomic mass is 10.0. The maximum atomic E-state index is 12.2. The molecule has 1 atom stereocenters. The van der Waals surface area contributed by atoms with E-state index >= 15 is 0 Å². The average Bonchev–Trinajstić information content (AvgIpc) is 2.82. The van der Waals surface area contributed by atoms with E-state index in [2.05, 4.69) is 22.1 Å². The van der Waals surface area contributed by atoms with Crippen LogP contribution in [0.5, 0.6) is 0 Å². The Bertz CT molecular complexity index is 447. The predicted molar refractivity (Wildman–Crippen MR) is 82.9 cm³/mol. The van der Waals surface area contributed by atoms with E-state index in [4.69, 9.17) is 4.74 Å². The molecule has 0 spiro atoms. The normalized spacial score (nSPS) is 14.2. The highest BCUT2D eigenvalue weighted by atomic mass is 16.5. The van der Waals surface area contributed by atoms with Crippen LogP contribution in [0.4, 0.5) is 0 Å². The maximum Gasteiger partial charge on any atom is 0.327 e. The molecule has 0 bridgehead atoms. The van der Waals surface area contributed by atoms with Gasteiger partial charge in [-0.05, 0) is 33.9 Å². The number of carbonyl (C=O) groups is 1. The first kappa shape index (κ1) is 17.7. The molecule has 0 aliphatic rings. The number of ether oxygens (including phenoxy) is 1. The van der Waals surface area contributed by atoms with Crippen molar-refractivity contribution in [3.63, 3.8) is 0 Å². The van der Waals surface area contributed by atoms with Gasteiger partial charge in [0.2, 0.25) is 0 Å². The number of aromatic nitrogens is 2. The molecule has 0 aliphatic carbocycles. The first-order valence-corrected chi connectivity index (χ1v) is 7.50. The van der Waals surface area contributed by atoms with E-state index in [0.29, 0.717) is 19.7 Å². The summed E-state index contributed by atoms with van der Waals surface area (Å²) in [4.78, 5) is 18.6. The topological polar surface area (TPSA) is 59.4 Å². The second-order valence-corrected chi connectivity index (χ2v) is 5.61. The van der Waals surface area contributed by atoms with Crippen molar-refractivity contribution in [2.24, 2.45) is 7.05 Å². The predicted octanol–water partition coefficient (Wildman–Crippen LogP) is 1.17. The summed E-state index contributed by atoms with van der Waals surface area (Å²) in [6, 6.07) is 0. The minimum atomic E-state index is -0.702. The van der Waals surface area contributed by atoms with Gasteiger partial charge in [0.25, 0.3) is 0 Å². The van der Waals surface area contributed by atoms with E-state index in [0.717, 1.165) is 18.8 Å². The Hall–Kier alpha value is -1.40. The molecule has 1 N–H and O–H groups in total. The van der Waals surface area contributed by atoms with Crippen LogP contribution in [0.25, 0.3) is 0 Å². The monoisotopic (exact) mass is 296 g/mol. The lowest BCUT2D eigenvalue weighted by Gasteiger charge is -2.32. The number of imidazole rings is 1. The molecular formula is C15H28N4O2. The smallest absolute Gasteiger partial charge is 0.327 e. The number of hydrogen-bond acceptors (Lipinski definition) is 5. The second kappa shape index (κ2) is 8.14. The fourth-order valence-corrected chi connectivity index (χ4v) is 2.27. The molecule has 120 valence electrons. The van der Waals surface area contributed by atoms with Crippen LogP contribution in [-0.4, -0.2) is 52.7 Å². The van der Waals surface area contributed by atoms with Crippen LogP contribution in [-0.2, 0) is 23.1 Å². The minimum absolute atomic E-state index is 0.204. The van der Waals surface area contributed by atoms with Crippen molar-refractivity contribution in [3.05, 3.63) is 18.2 Å².